The van der Waals surface area contributed by atoms with Crippen molar-refractivity contribution in [2.45, 2.75) is 52.1 Å². The van der Waals surface area contributed by atoms with E-state index in [1.807, 2.05) is 6.92 Å². The molecule has 0 atom stereocenters. The number of rotatable bonds is 11. The van der Waals surface area contributed by atoms with Gasteiger partial charge >= 0.3 is 0 Å². The van der Waals surface area contributed by atoms with Crippen LogP contribution in [0.5, 0.6) is 0 Å². The molecule has 1 saturated carbocycles. The fourth-order valence-electron chi connectivity index (χ4n) is 3.78. The van der Waals surface area contributed by atoms with E-state index in [0.717, 1.165) is 31.5 Å². The minimum atomic E-state index is -3.24. The van der Waals surface area contributed by atoms with Crippen molar-refractivity contribution in [2.75, 3.05) is 38.5 Å². The highest BCUT2D eigenvalue weighted by Gasteiger charge is 2.20. The SMILES string of the molecule is CCNC(=NCc1ccc(CN2CCCC2)cc1)NCCS(=O)(=O)NCC1CCC1. The summed E-state index contributed by atoms with van der Waals surface area (Å²) in [5.41, 5.74) is 2.49. The molecule has 0 aromatic heterocycles. The summed E-state index contributed by atoms with van der Waals surface area (Å²) in [7, 11) is -3.24. The normalized spacial score (nSPS) is 18.4. The zero-order valence-corrected chi connectivity index (χ0v) is 19.0. The van der Waals surface area contributed by atoms with Gasteiger partial charge in [0.2, 0.25) is 10.0 Å². The Morgan fingerprint density at radius 3 is 2.40 bits per heavy atom. The average Bonchev–Trinajstić information content (AvgIpc) is 3.19. The van der Waals surface area contributed by atoms with E-state index in [9.17, 15) is 8.42 Å². The summed E-state index contributed by atoms with van der Waals surface area (Å²) in [4.78, 5) is 7.10. The van der Waals surface area contributed by atoms with Gasteiger partial charge < -0.3 is 10.6 Å². The summed E-state index contributed by atoms with van der Waals surface area (Å²) < 4.78 is 27.0. The van der Waals surface area contributed by atoms with Gasteiger partial charge in [-0.2, -0.15) is 0 Å². The van der Waals surface area contributed by atoms with Crippen LogP contribution in [-0.4, -0.2) is 57.8 Å². The molecule has 1 aromatic rings. The number of guanidine groups is 1. The number of likely N-dealkylation sites (tertiary alicyclic amines) is 1. The quantitative estimate of drug-likeness (QED) is 0.366. The third-order valence-electron chi connectivity index (χ3n) is 5.87. The molecule has 1 aliphatic carbocycles. The molecule has 1 heterocycles. The molecule has 0 unspecified atom stereocenters. The van der Waals surface area contributed by atoms with Gasteiger partial charge in [-0.25, -0.2) is 18.1 Å². The maximum absolute atomic E-state index is 12.1. The van der Waals surface area contributed by atoms with Crippen LogP contribution in [0.25, 0.3) is 0 Å². The lowest BCUT2D eigenvalue weighted by molar-refractivity contribution is 0.316. The molecule has 168 valence electrons. The van der Waals surface area contributed by atoms with E-state index in [0.29, 0.717) is 31.5 Å². The summed E-state index contributed by atoms with van der Waals surface area (Å²) in [6.07, 6.45) is 6.11. The highest BCUT2D eigenvalue weighted by molar-refractivity contribution is 7.89. The Hall–Kier alpha value is -1.64. The molecule has 0 radical (unpaired) electrons. The molecule has 7 nitrogen and oxygen atoms in total. The van der Waals surface area contributed by atoms with Crippen LogP contribution in [0, 0.1) is 5.92 Å². The first-order valence-corrected chi connectivity index (χ1v) is 13.0. The fraction of sp³-hybridized carbons (Fsp3) is 0.682. The van der Waals surface area contributed by atoms with Crippen LogP contribution in [0.4, 0.5) is 0 Å². The standard InChI is InChI=1S/C22H37N5O2S/c1-2-23-22(24-12-15-30(28,29)26-17-19-6-5-7-19)25-16-20-8-10-21(11-9-20)18-27-13-3-4-14-27/h8-11,19,26H,2-7,12-18H2,1H3,(H2,23,24,25). The first-order valence-electron chi connectivity index (χ1n) is 11.3. The summed E-state index contributed by atoms with van der Waals surface area (Å²) in [5.74, 6) is 1.22. The maximum Gasteiger partial charge on any atom is 0.213 e. The first-order chi connectivity index (χ1) is 14.5. The number of hydrogen-bond acceptors (Lipinski definition) is 4. The van der Waals surface area contributed by atoms with Crippen LogP contribution in [0.1, 0.15) is 50.2 Å². The fourth-order valence-corrected chi connectivity index (χ4v) is 4.78. The molecule has 1 saturated heterocycles. The number of sulfonamides is 1. The Labute approximate surface area is 181 Å². The number of benzene rings is 1. The van der Waals surface area contributed by atoms with E-state index in [-0.39, 0.29) is 5.75 Å². The van der Waals surface area contributed by atoms with Gasteiger partial charge in [-0.05, 0) is 62.7 Å². The molecule has 1 aliphatic heterocycles. The van der Waals surface area contributed by atoms with Crippen molar-refractivity contribution < 1.29 is 8.42 Å². The van der Waals surface area contributed by atoms with Crippen LogP contribution in [0.3, 0.4) is 0 Å². The first kappa shape index (κ1) is 23.0. The smallest absolute Gasteiger partial charge is 0.213 e. The highest BCUT2D eigenvalue weighted by Crippen LogP contribution is 2.25. The molecule has 8 heteroatoms. The molecule has 0 bridgehead atoms. The van der Waals surface area contributed by atoms with Crippen LogP contribution >= 0.6 is 0 Å². The molecule has 2 aliphatic rings. The summed E-state index contributed by atoms with van der Waals surface area (Å²) >= 11 is 0. The molecule has 1 aromatic carbocycles. The van der Waals surface area contributed by atoms with Crippen molar-refractivity contribution in [3.63, 3.8) is 0 Å². The van der Waals surface area contributed by atoms with Crippen molar-refractivity contribution in [3.8, 4) is 0 Å². The highest BCUT2D eigenvalue weighted by atomic mass is 32.2. The molecular weight excluding hydrogens is 398 g/mol. The minimum Gasteiger partial charge on any atom is -0.357 e. The van der Waals surface area contributed by atoms with Gasteiger partial charge in [0.25, 0.3) is 0 Å². The molecule has 3 rings (SSSR count). The topological polar surface area (TPSA) is 85.8 Å². The van der Waals surface area contributed by atoms with Crippen LogP contribution < -0.4 is 15.4 Å². The van der Waals surface area contributed by atoms with Crippen LogP contribution in [0.2, 0.25) is 0 Å². The number of nitrogens with zero attached hydrogens (tertiary/aromatic N) is 2. The zero-order chi connectivity index (χ0) is 21.2. The maximum atomic E-state index is 12.1. The van der Waals surface area contributed by atoms with Crippen LogP contribution in [-0.2, 0) is 23.1 Å². The average molecular weight is 436 g/mol. The number of aliphatic imine (C=N–C) groups is 1. The van der Waals surface area contributed by atoms with Crippen molar-refractivity contribution >= 4 is 16.0 Å². The molecular formula is C22H37N5O2S. The van der Waals surface area contributed by atoms with Crippen molar-refractivity contribution in [1.29, 1.82) is 0 Å². The van der Waals surface area contributed by atoms with Gasteiger partial charge in [0.15, 0.2) is 5.96 Å². The van der Waals surface area contributed by atoms with Crippen molar-refractivity contribution in [3.05, 3.63) is 35.4 Å². The third kappa shape index (κ3) is 7.89. The van der Waals surface area contributed by atoms with Crippen molar-refractivity contribution in [2.24, 2.45) is 10.9 Å². The molecule has 2 fully saturated rings. The van der Waals surface area contributed by atoms with Gasteiger partial charge in [-0.15, -0.1) is 0 Å². The Bertz CT molecular complexity index is 769. The lowest BCUT2D eigenvalue weighted by Gasteiger charge is -2.25. The second-order valence-corrected chi connectivity index (χ2v) is 10.3. The monoisotopic (exact) mass is 435 g/mol. The number of nitrogens with one attached hydrogen (secondary N) is 3. The lowest BCUT2D eigenvalue weighted by atomic mass is 9.86. The third-order valence-corrected chi connectivity index (χ3v) is 7.22. The summed E-state index contributed by atoms with van der Waals surface area (Å²) in [6, 6.07) is 8.63. The van der Waals surface area contributed by atoms with Crippen molar-refractivity contribution in [1.82, 2.24) is 20.3 Å². The van der Waals surface area contributed by atoms with Gasteiger partial charge in [0, 0.05) is 26.2 Å². The summed E-state index contributed by atoms with van der Waals surface area (Å²) in [6.45, 7) is 7.63. The molecule has 30 heavy (non-hydrogen) atoms. The number of hydrogen-bond donors (Lipinski definition) is 3. The van der Waals surface area contributed by atoms with Gasteiger partial charge in [-0.3, -0.25) is 4.90 Å². The van der Waals surface area contributed by atoms with Gasteiger partial charge in [0.1, 0.15) is 0 Å². The zero-order valence-electron chi connectivity index (χ0n) is 18.2. The molecule has 0 amide bonds. The van der Waals surface area contributed by atoms with E-state index in [2.05, 4.69) is 49.5 Å². The lowest BCUT2D eigenvalue weighted by Crippen LogP contribution is -2.42. The Morgan fingerprint density at radius 2 is 1.77 bits per heavy atom. The van der Waals surface area contributed by atoms with E-state index < -0.39 is 10.0 Å². The predicted octanol–water partition coefficient (Wildman–Crippen LogP) is 2.06. The second-order valence-electron chi connectivity index (χ2n) is 8.39. The van der Waals surface area contributed by atoms with Crippen LogP contribution in [0.15, 0.2) is 29.3 Å². The van der Waals surface area contributed by atoms with Gasteiger partial charge in [-0.1, -0.05) is 30.7 Å². The predicted molar refractivity (Wildman–Crippen MR) is 123 cm³/mol. The Kier molecular flexibility index (Phi) is 8.96. The van der Waals surface area contributed by atoms with E-state index in [1.54, 1.807) is 0 Å². The van der Waals surface area contributed by atoms with E-state index >= 15 is 0 Å². The Balaban J connectivity index is 1.42. The van der Waals surface area contributed by atoms with Gasteiger partial charge in [0.05, 0.1) is 12.3 Å². The second kappa shape index (κ2) is 11.7. The van der Waals surface area contributed by atoms with E-state index in [4.69, 9.17) is 0 Å². The molecule has 3 N–H and O–H groups in total. The van der Waals surface area contributed by atoms with E-state index in [1.165, 1.54) is 37.9 Å². The molecule has 0 spiro atoms. The Morgan fingerprint density at radius 1 is 1.07 bits per heavy atom. The minimum absolute atomic E-state index is 0.0509. The largest absolute Gasteiger partial charge is 0.357 e. The summed E-state index contributed by atoms with van der Waals surface area (Å²) in [5, 5.41) is 6.32.